The number of methoxy groups -OCH3 is 1. The summed E-state index contributed by atoms with van der Waals surface area (Å²) in [6, 6.07) is 8.68. The van der Waals surface area contributed by atoms with Crippen LogP contribution >= 0.6 is 0 Å². The van der Waals surface area contributed by atoms with Crippen molar-refractivity contribution in [2.75, 3.05) is 26.9 Å². The van der Waals surface area contributed by atoms with Crippen molar-refractivity contribution in [3.8, 4) is 0 Å². The first-order valence-electron chi connectivity index (χ1n) is 18.8. The van der Waals surface area contributed by atoms with E-state index in [0.29, 0.717) is 37.4 Å². The Bertz CT molecular complexity index is 1470. The summed E-state index contributed by atoms with van der Waals surface area (Å²) in [4.78, 5) is 0.324. The molecule has 294 valence electrons. The van der Waals surface area contributed by atoms with E-state index >= 15 is 0 Å². The van der Waals surface area contributed by atoms with Gasteiger partial charge in [-0.1, -0.05) is 127 Å². The van der Waals surface area contributed by atoms with Gasteiger partial charge in [0.05, 0.1) is 29.5 Å². The van der Waals surface area contributed by atoms with Crippen LogP contribution in [0.25, 0.3) is 0 Å². The summed E-state index contributed by atoms with van der Waals surface area (Å²) in [6.07, 6.45) is 22.4. The SMILES string of the molecule is CO[C@H](C/C=C\C=C\CC(/C=C/C[C@H](C)/C=C/C(=C\CO[Si](C)(C)C(C)(C)C)CCO[Si](C)(C)C(C)(C)C)S(=O)(=O)c1ccccc1)/C(C)=C\CO. The molecule has 1 N–H and O–H groups in total. The molecule has 1 unspecified atom stereocenters. The second kappa shape index (κ2) is 22.3. The van der Waals surface area contributed by atoms with Gasteiger partial charge in [0.15, 0.2) is 26.5 Å². The van der Waals surface area contributed by atoms with E-state index in [1.807, 2.05) is 49.4 Å². The average Bonchev–Trinajstić information content (AvgIpc) is 3.05. The number of rotatable bonds is 22. The minimum absolute atomic E-state index is 0.0205. The number of benzene rings is 1. The van der Waals surface area contributed by atoms with E-state index in [1.54, 1.807) is 37.5 Å². The molecule has 0 radical (unpaired) electrons. The molecule has 0 aliphatic carbocycles. The smallest absolute Gasteiger partial charge is 0.192 e. The number of hydrogen-bond donors (Lipinski definition) is 1. The maximum atomic E-state index is 13.7. The number of ether oxygens (including phenoxy) is 1. The van der Waals surface area contributed by atoms with Crippen LogP contribution in [0.1, 0.15) is 81.1 Å². The molecule has 0 fully saturated rings. The fourth-order valence-electron chi connectivity index (χ4n) is 4.69. The lowest BCUT2D eigenvalue weighted by Crippen LogP contribution is -2.41. The van der Waals surface area contributed by atoms with Gasteiger partial charge >= 0.3 is 0 Å². The Balaban J connectivity index is 3.12. The van der Waals surface area contributed by atoms with E-state index in [4.69, 9.17) is 13.6 Å². The molecule has 1 rings (SSSR count). The van der Waals surface area contributed by atoms with Gasteiger partial charge in [-0.05, 0) is 98.1 Å². The summed E-state index contributed by atoms with van der Waals surface area (Å²) in [5, 5.41) is 8.79. The van der Waals surface area contributed by atoms with E-state index in [2.05, 4.69) is 92.9 Å². The molecule has 0 aliphatic rings. The lowest BCUT2D eigenvalue weighted by atomic mass is 10.0. The maximum absolute atomic E-state index is 13.7. The Morgan fingerprint density at radius 3 is 1.96 bits per heavy atom. The number of allylic oxidation sites excluding steroid dienone is 6. The van der Waals surface area contributed by atoms with E-state index in [9.17, 15) is 13.5 Å². The van der Waals surface area contributed by atoms with Gasteiger partial charge in [0.1, 0.15) is 0 Å². The Labute approximate surface area is 321 Å². The second-order valence-electron chi connectivity index (χ2n) is 16.8. The zero-order valence-electron chi connectivity index (χ0n) is 34.7. The lowest BCUT2D eigenvalue weighted by Gasteiger charge is -2.36. The van der Waals surface area contributed by atoms with Crippen LogP contribution in [0.15, 0.2) is 107 Å². The quantitative estimate of drug-likeness (QED) is 0.0718. The second-order valence-corrected chi connectivity index (χ2v) is 28.6. The van der Waals surface area contributed by atoms with E-state index in [1.165, 1.54) is 5.57 Å². The van der Waals surface area contributed by atoms with Gasteiger partial charge in [-0.2, -0.15) is 0 Å². The molecular formula is C43H72O6SSi2. The van der Waals surface area contributed by atoms with Gasteiger partial charge in [-0.25, -0.2) is 8.42 Å². The first kappa shape index (κ1) is 47.9. The van der Waals surface area contributed by atoms with E-state index in [-0.39, 0.29) is 28.7 Å². The van der Waals surface area contributed by atoms with Crippen LogP contribution in [0.3, 0.4) is 0 Å². The van der Waals surface area contributed by atoms with Crippen LogP contribution in [0.5, 0.6) is 0 Å². The van der Waals surface area contributed by atoms with Crippen LogP contribution in [0, 0.1) is 5.92 Å². The fraction of sp³-hybridized carbons (Fsp3) is 0.581. The van der Waals surface area contributed by atoms with Crippen molar-refractivity contribution in [3.63, 3.8) is 0 Å². The third-order valence-corrected chi connectivity index (χ3v) is 21.6. The molecule has 0 amide bonds. The normalized spacial score (nSPS) is 16.5. The molecule has 52 heavy (non-hydrogen) atoms. The van der Waals surface area contributed by atoms with Gasteiger partial charge < -0.3 is 18.7 Å². The highest BCUT2D eigenvalue weighted by Crippen LogP contribution is 2.37. The molecule has 0 aromatic heterocycles. The van der Waals surface area contributed by atoms with Crippen LogP contribution in [-0.4, -0.2) is 68.4 Å². The molecular weight excluding hydrogens is 701 g/mol. The minimum atomic E-state index is -3.58. The minimum Gasteiger partial charge on any atom is -0.416 e. The third kappa shape index (κ3) is 16.9. The number of aliphatic hydroxyl groups excluding tert-OH is 1. The summed E-state index contributed by atoms with van der Waals surface area (Å²) in [5.41, 5.74) is 2.17. The van der Waals surface area contributed by atoms with Gasteiger partial charge in [0.2, 0.25) is 0 Å². The van der Waals surface area contributed by atoms with Crippen molar-refractivity contribution in [1.29, 1.82) is 0 Å². The molecule has 0 spiro atoms. The molecule has 0 saturated heterocycles. The first-order chi connectivity index (χ1) is 24.1. The molecule has 6 nitrogen and oxygen atoms in total. The molecule has 9 heteroatoms. The van der Waals surface area contributed by atoms with Crippen molar-refractivity contribution < 1.29 is 27.1 Å². The number of hydrogen-bond acceptors (Lipinski definition) is 6. The molecule has 1 aromatic rings. The summed E-state index contributed by atoms with van der Waals surface area (Å²) in [6.45, 7) is 28.0. The van der Waals surface area contributed by atoms with Gasteiger partial charge in [0.25, 0.3) is 0 Å². The first-order valence-corrected chi connectivity index (χ1v) is 26.2. The van der Waals surface area contributed by atoms with Crippen LogP contribution in [0.4, 0.5) is 0 Å². The number of sulfone groups is 1. The molecule has 0 aliphatic heterocycles. The third-order valence-electron chi connectivity index (χ3n) is 10.5. The zero-order chi connectivity index (χ0) is 39.6. The molecule has 0 saturated carbocycles. The maximum Gasteiger partial charge on any atom is 0.192 e. The molecule has 0 bridgehead atoms. The van der Waals surface area contributed by atoms with Crippen LogP contribution < -0.4 is 0 Å². The topological polar surface area (TPSA) is 82.1 Å². The van der Waals surface area contributed by atoms with Gasteiger partial charge in [-0.3, -0.25) is 0 Å². The Kier molecular flexibility index (Phi) is 20.6. The van der Waals surface area contributed by atoms with E-state index < -0.39 is 31.7 Å². The highest BCUT2D eigenvalue weighted by Gasteiger charge is 2.37. The highest BCUT2D eigenvalue weighted by molar-refractivity contribution is 7.92. The van der Waals surface area contributed by atoms with Crippen molar-refractivity contribution in [1.82, 2.24) is 0 Å². The van der Waals surface area contributed by atoms with Gasteiger partial charge in [0, 0.05) is 13.7 Å². The highest BCUT2D eigenvalue weighted by atomic mass is 32.2. The van der Waals surface area contributed by atoms with Crippen molar-refractivity contribution in [3.05, 3.63) is 102 Å². The van der Waals surface area contributed by atoms with Crippen LogP contribution in [-0.2, 0) is 23.4 Å². The zero-order valence-corrected chi connectivity index (χ0v) is 37.6. The summed E-state index contributed by atoms with van der Waals surface area (Å²) in [5.74, 6) is 0.206. The average molecular weight is 773 g/mol. The van der Waals surface area contributed by atoms with Crippen LogP contribution in [0.2, 0.25) is 36.3 Å². The molecule has 3 atom stereocenters. The summed E-state index contributed by atoms with van der Waals surface area (Å²) in [7, 11) is -5.66. The van der Waals surface area contributed by atoms with Gasteiger partial charge in [-0.15, -0.1) is 0 Å². The van der Waals surface area contributed by atoms with Crippen molar-refractivity contribution in [2.24, 2.45) is 5.92 Å². The summed E-state index contributed by atoms with van der Waals surface area (Å²) >= 11 is 0. The Morgan fingerprint density at radius 2 is 1.40 bits per heavy atom. The fourth-order valence-corrected chi connectivity index (χ4v) is 8.23. The Morgan fingerprint density at radius 1 is 0.827 bits per heavy atom. The molecule has 1 aromatic carbocycles. The standard InChI is InChI=1S/C43H72O6SSi2/c1-36(28-29-38(31-34-48-51(10,11)42(3,4)5)32-35-49-52(12,13)43(6,7)8)22-21-26-40(50(45,46)39-24-18-16-19-25-39)23-17-14-15-20-27-41(47-9)37(2)30-33-44/h14-21,24-26,28-31,36,40-41,44H,22-23,27,32-35H2,1-13H3/b17-14+,20-15-,26-21+,29-28+,37-30-,38-31+/t36-,40?,41+/m0/s1. The summed E-state index contributed by atoms with van der Waals surface area (Å²) < 4.78 is 45.9. The predicted molar refractivity (Wildman–Crippen MR) is 228 cm³/mol. The largest absolute Gasteiger partial charge is 0.416 e. The van der Waals surface area contributed by atoms with Crippen molar-refractivity contribution >= 4 is 26.5 Å². The Hall–Kier alpha value is -2.12. The molecule has 0 heterocycles. The monoisotopic (exact) mass is 772 g/mol. The van der Waals surface area contributed by atoms with Crippen molar-refractivity contribution in [2.45, 2.75) is 134 Å². The number of aliphatic hydroxyl groups is 1. The van der Waals surface area contributed by atoms with E-state index in [0.717, 1.165) is 12.0 Å². The lowest BCUT2D eigenvalue weighted by molar-refractivity contribution is 0.133. The predicted octanol–water partition coefficient (Wildman–Crippen LogP) is 11.2.